The van der Waals surface area contributed by atoms with Crippen LogP contribution in [0.5, 0.6) is 0 Å². The fourth-order valence-corrected chi connectivity index (χ4v) is 3.64. The number of rotatable bonds is 2. The molecular formula is C16H32N2. The Morgan fingerprint density at radius 1 is 1.17 bits per heavy atom. The van der Waals surface area contributed by atoms with Crippen LogP contribution >= 0.6 is 0 Å². The summed E-state index contributed by atoms with van der Waals surface area (Å²) in [5.74, 6) is 0.956. The summed E-state index contributed by atoms with van der Waals surface area (Å²) in [4.78, 5) is 2.81. The zero-order chi connectivity index (χ0) is 13.0. The summed E-state index contributed by atoms with van der Waals surface area (Å²) in [6, 6.07) is 0.862. The van der Waals surface area contributed by atoms with Gasteiger partial charge in [0.05, 0.1) is 0 Å². The third kappa shape index (κ3) is 3.71. The summed E-state index contributed by atoms with van der Waals surface area (Å²) >= 11 is 0. The molecule has 0 aromatic carbocycles. The van der Waals surface area contributed by atoms with Gasteiger partial charge in [-0.25, -0.2) is 0 Å². The lowest BCUT2D eigenvalue weighted by Crippen LogP contribution is -2.50. The highest BCUT2D eigenvalue weighted by molar-refractivity contribution is 4.90. The van der Waals surface area contributed by atoms with Crippen LogP contribution in [0.25, 0.3) is 0 Å². The van der Waals surface area contributed by atoms with E-state index in [1.165, 1.54) is 64.6 Å². The first kappa shape index (κ1) is 14.3. The van der Waals surface area contributed by atoms with Gasteiger partial charge in [-0.2, -0.15) is 0 Å². The molecule has 0 aromatic rings. The Balaban J connectivity index is 1.97. The molecule has 0 bridgehead atoms. The second-order valence-corrected chi connectivity index (χ2v) is 6.93. The minimum absolute atomic E-state index is 0.342. The molecule has 3 atom stereocenters. The van der Waals surface area contributed by atoms with Crippen molar-refractivity contribution in [3.05, 3.63) is 0 Å². The van der Waals surface area contributed by atoms with Gasteiger partial charge in [0, 0.05) is 18.1 Å². The SMILES string of the molecule is CCC1(C)CN(C2CCCC(C)CC2)CCCN1. The van der Waals surface area contributed by atoms with Crippen LogP contribution in [0, 0.1) is 5.92 Å². The van der Waals surface area contributed by atoms with E-state index >= 15 is 0 Å². The van der Waals surface area contributed by atoms with E-state index < -0.39 is 0 Å². The zero-order valence-electron chi connectivity index (χ0n) is 12.7. The van der Waals surface area contributed by atoms with Gasteiger partial charge in [0.2, 0.25) is 0 Å². The Morgan fingerprint density at radius 3 is 2.78 bits per heavy atom. The van der Waals surface area contributed by atoms with Crippen molar-refractivity contribution >= 4 is 0 Å². The summed E-state index contributed by atoms with van der Waals surface area (Å²) in [5, 5.41) is 3.76. The van der Waals surface area contributed by atoms with Gasteiger partial charge in [-0.3, -0.25) is 4.90 Å². The Labute approximate surface area is 114 Å². The highest BCUT2D eigenvalue weighted by Crippen LogP contribution is 2.28. The molecule has 106 valence electrons. The Bertz CT molecular complexity index is 253. The summed E-state index contributed by atoms with van der Waals surface area (Å²) in [5.41, 5.74) is 0.342. The van der Waals surface area contributed by atoms with E-state index in [4.69, 9.17) is 0 Å². The van der Waals surface area contributed by atoms with E-state index in [9.17, 15) is 0 Å². The van der Waals surface area contributed by atoms with Crippen molar-refractivity contribution < 1.29 is 0 Å². The normalized spacial score (nSPS) is 40.2. The van der Waals surface area contributed by atoms with Gasteiger partial charge in [0.1, 0.15) is 0 Å². The Morgan fingerprint density at radius 2 is 2.00 bits per heavy atom. The zero-order valence-corrected chi connectivity index (χ0v) is 12.7. The molecule has 2 nitrogen and oxygen atoms in total. The van der Waals surface area contributed by atoms with Gasteiger partial charge in [0.25, 0.3) is 0 Å². The quantitative estimate of drug-likeness (QED) is 0.758. The first-order valence-electron chi connectivity index (χ1n) is 8.12. The predicted octanol–water partition coefficient (Wildman–Crippen LogP) is 3.42. The smallest absolute Gasteiger partial charge is 0.0277 e. The predicted molar refractivity (Wildman–Crippen MR) is 78.9 cm³/mol. The molecule has 2 fully saturated rings. The molecule has 1 saturated heterocycles. The number of hydrogen-bond donors (Lipinski definition) is 1. The fraction of sp³-hybridized carbons (Fsp3) is 1.00. The van der Waals surface area contributed by atoms with Crippen molar-refractivity contribution in [2.45, 2.75) is 77.3 Å². The molecule has 0 radical (unpaired) electrons. The van der Waals surface area contributed by atoms with E-state index in [0.717, 1.165) is 12.0 Å². The number of nitrogens with zero attached hydrogens (tertiary/aromatic N) is 1. The van der Waals surface area contributed by atoms with Crippen LogP contribution in [0.15, 0.2) is 0 Å². The van der Waals surface area contributed by atoms with Crippen LogP contribution in [-0.4, -0.2) is 36.1 Å². The minimum Gasteiger partial charge on any atom is -0.310 e. The molecule has 2 rings (SSSR count). The lowest BCUT2D eigenvalue weighted by molar-refractivity contribution is 0.146. The molecule has 2 aliphatic rings. The molecule has 1 heterocycles. The standard InChI is InChI=1S/C16H32N2/c1-4-16(3)13-18(12-6-11-17-16)15-8-5-7-14(2)9-10-15/h14-15,17H,4-13H2,1-3H3. The summed E-state index contributed by atoms with van der Waals surface area (Å²) < 4.78 is 0. The maximum Gasteiger partial charge on any atom is 0.0277 e. The molecule has 2 heteroatoms. The van der Waals surface area contributed by atoms with Crippen LogP contribution in [0.1, 0.15) is 65.7 Å². The van der Waals surface area contributed by atoms with Crippen LogP contribution < -0.4 is 5.32 Å². The second kappa shape index (κ2) is 6.38. The van der Waals surface area contributed by atoms with Gasteiger partial charge < -0.3 is 5.32 Å². The molecular weight excluding hydrogens is 220 g/mol. The third-order valence-electron chi connectivity index (χ3n) is 5.25. The Kier molecular flexibility index (Phi) is 5.08. The van der Waals surface area contributed by atoms with Gasteiger partial charge in [-0.05, 0) is 58.0 Å². The van der Waals surface area contributed by atoms with Crippen LogP contribution in [0.4, 0.5) is 0 Å². The van der Waals surface area contributed by atoms with E-state index in [-0.39, 0.29) is 0 Å². The van der Waals surface area contributed by atoms with Crippen molar-refractivity contribution in [1.82, 2.24) is 10.2 Å². The van der Waals surface area contributed by atoms with Crippen molar-refractivity contribution in [2.75, 3.05) is 19.6 Å². The van der Waals surface area contributed by atoms with Crippen LogP contribution in [0.3, 0.4) is 0 Å². The summed E-state index contributed by atoms with van der Waals surface area (Å²) in [6.07, 6.45) is 9.77. The molecule has 1 aliphatic carbocycles. The second-order valence-electron chi connectivity index (χ2n) is 6.93. The largest absolute Gasteiger partial charge is 0.310 e. The molecule has 0 amide bonds. The Hall–Kier alpha value is -0.0800. The van der Waals surface area contributed by atoms with E-state index in [0.29, 0.717) is 5.54 Å². The topological polar surface area (TPSA) is 15.3 Å². The molecule has 0 spiro atoms. The maximum atomic E-state index is 3.76. The maximum absolute atomic E-state index is 3.76. The van der Waals surface area contributed by atoms with Crippen molar-refractivity contribution in [2.24, 2.45) is 5.92 Å². The van der Waals surface area contributed by atoms with Gasteiger partial charge in [-0.1, -0.05) is 26.7 Å². The molecule has 1 saturated carbocycles. The average molecular weight is 252 g/mol. The highest BCUT2D eigenvalue weighted by atomic mass is 15.2. The van der Waals surface area contributed by atoms with Crippen molar-refractivity contribution in [3.63, 3.8) is 0 Å². The fourth-order valence-electron chi connectivity index (χ4n) is 3.64. The highest BCUT2D eigenvalue weighted by Gasteiger charge is 2.31. The van der Waals surface area contributed by atoms with Crippen molar-refractivity contribution in [3.8, 4) is 0 Å². The molecule has 1 aliphatic heterocycles. The van der Waals surface area contributed by atoms with Crippen molar-refractivity contribution in [1.29, 1.82) is 0 Å². The lowest BCUT2D eigenvalue weighted by atomic mass is 9.96. The van der Waals surface area contributed by atoms with Gasteiger partial charge in [0.15, 0.2) is 0 Å². The lowest BCUT2D eigenvalue weighted by Gasteiger charge is -2.37. The monoisotopic (exact) mass is 252 g/mol. The van der Waals surface area contributed by atoms with Crippen LogP contribution in [-0.2, 0) is 0 Å². The molecule has 3 unspecified atom stereocenters. The number of hydrogen-bond acceptors (Lipinski definition) is 2. The summed E-state index contributed by atoms with van der Waals surface area (Å²) in [7, 11) is 0. The first-order valence-corrected chi connectivity index (χ1v) is 8.12. The number of nitrogens with one attached hydrogen (secondary N) is 1. The van der Waals surface area contributed by atoms with Gasteiger partial charge in [-0.15, -0.1) is 0 Å². The average Bonchev–Trinajstić information content (AvgIpc) is 2.68. The van der Waals surface area contributed by atoms with E-state index in [1.54, 1.807) is 0 Å². The van der Waals surface area contributed by atoms with E-state index in [2.05, 4.69) is 31.0 Å². The minimum atomic E-state index is 0.342. The molecule has 18 heavy (non-hydrogen) atoms. The first-order chi connectivity index (χ1) is 8.63. The van der Waals surface area contributed by atoms with E-state index in [1.807, 2.05) is 0 Å². The molecule has 1 N–H and O–H groups in total. The summed E-state index contributed by atoms with van der Waals surface area (Å²) in [6.45, 7) is 10.9. The third-order valence-corrected chi connectivity index (χ3v) is 5.25. The van der Waals surface area contributed by atoms with Crippen LogP contribution in [0.2, 0.25) is 0 Å². The van der Waals surface area contributed by atoms with Gasteiger partial charge >= 0.3 is 0 Å². The molecule has 0 aromatic heterocycles.